The highest BCUT2D eigenvalue weighted by Crippen LogP contribution is 2.39. The van der Waals surface area contributed by atoms with Crippen molar-refractivity contribution in [3.63, 3.8) is 0 Å². The lowest BCUT2D eigenvalue weighted by molar-refractivity contribution is 0.131. The normalized spacial score (nSPS) is 11.6. The standard InChI is InChI=1S/C29H29F3N2O3S/c1-29(2,19-8-13-25(35-3)26(16-19)36-4)27-17-33-28(34(27)21-11-9-20(30)10-12-21)38-15-14-37-18-22-23(31)6-5-7-24(22)32/h5-13,16-17H,14-15,18H2,1-4H3. The molecule has 0 unspecified atom stereocenters. The summed E-state index contributed by atoms with van der Waals surface area (Å²) in [5.74, 6) is 0.134. The van der Waals surface area contributed by atoms with Gasteiger partial charge in [-0.25, -0.2) is 18.2 Å². The zero-order chi connectivity index (χ0) is 27.3. The number of rotatable bonds is 11. The average molecular weight is 543 g/mol. The lowest BCUT2D eigenvalue weighted by atomic mass is 9.81. The molecule has 0 spiro atoms. The second-order valence-electron chi connectivity index (χ2n) is 9.03. The predicted molar refractivity (Wildman–Crippen MR) is 142 cm³/mol. The van der Waals surface area contributed by atoms with Crippen LogP contribution in [-0.4, -0.2) is 36.1 Å². The molecule has 0 N–H and O–H groups in total. The summed E-state index contributed by atoms with van der Waals surface area (Å²) >= 11 is 1.44. The van der Waals surface area contributed by atoms with Crippen molar-refractivity contribution < 1.29 is 27.4 Å². The lowest BCUT2D eigenvalue weighted by Gasteiger charge is -2.28. The maximum absolute atomic E-state index is 13.9. The highest BCUT2D eigenvalue weighted by molar-refractivity contribution is 7.99. The molecule has 0 fully saturated rings. The maximum atomic E-state index is 13.9. The third-order valence-corrected chi connectivity index (χ3v) is 7.24. The van der Waals surface area contributed by atoms with E-state index in [0.29, 0.717) is 22.4 Å². The SMILES string of the molecule is COc1ccc(C(C)(C)c2cnc(SCCOCc3c(F)cccc3F)n2-c2ccc(F)cc2)cc1OC. The average Bonchev–Trinajstić information content (AvgIpc) is 3.34. The van der Waals surface area contributed by atoms with Crippen LogP contribution in [0.3, 0.4) is 0 Å². The number of hydrogen-bond acceptors (Lipinski definition) is 5. The van der Waals surface area contributed by atoms with Gasteiger partial charge in [0.15, 0.2) is 16.7 Å². The number of ether oxygens (including phenoxy) is 3. The Kier molecular flexibility index (Phi) is 8.69. The summed E-state index contributed by atoms with van der Waals surface area (Å²) in [5.41, 5.74) is 2.01. The molecule has 4 aromatic rings. The number of methoxy groups -OCH3 is 2. The van der Waals surface area contributed by atoms with Gasteiger partial charge >= 0.3 is 0 Å². The largest absolute Gasteiger partial charge is 0.493 e. The molecule has 0 aliphatic rings. The Morgan fingerprint density at radius 2 is 1.58 bits per heavy atom. The Bertz CT molecular complexity index is 1370. The van der Waals surface area contributed by atoms with E-state index < -0.39 is 17.0 Å². The van der Waals surface area contributed by atoms with Gasteiger partial charge in [0.05, 0.1) is 39.3 Å². The van der Waals surface area contributed by atoms with Gasteiger partial charge in [-0.05, 0) is 54.1 Å². The molecule has 4 rings (SSSR count). The molecule has 200 valence electrons. The van der Waals surface area contributed by atoms with Crippen LogP contribution < -0.4 is 9.47 Å². The minimum Gasteiger partial charge on any atom is -0.493 e. The number of nitrogens with zero attached hydrogens (tertiary/aromatic N) is 2. The molecule has 0 radical (unpaired) electrons. The van der Waals surface area contributed by atoms with E-state index >= 15 is 0 Å². The fourth-order valence-corrected chi connectivity index (χ4v) is 4.97. The van der Waals surface area contributed by atoms with E-state index in [9.17, 15) is 13.2 Å². The van der Waals surface area contributed by atoms with Gasteiger partial charge in [-0.15, -0.1) is 0 Å². The van der Waals surface area contributed by atoms with Crippen LogP contribution in [0.5, 0.6) is 11.5 Å². The van der Waals surface area contributed by atoms with Crippen molar-refractivity contribution in [1.82, 2.24) is 9.55 Å². The number of benzene rings is 3. The highest BCUT2D eigenvalue weighted by atomic mass is 32.2. The smallest absolute Gasteiger partial charge is 0.172 e. The fourth-order valence-electron chi connectivity index (χ4n) is 4.13. The molecule has 3 aromatic carbocycles. The molecule has 0 saturated heterocycles. The van der Waals surface area contributed by atoms with Crippen LogP contribution in [0.1, 0.15) is 30.7 Å². The van der Waals surface area contributed by atoms with Crippen LogP contribution >= 0.6 is 11.8 Å². The van der Waals surface area contributed by atoms with Crippen molar-refractivity contribution in [3.05, 3.63) is 101 Å². The molecular weight excluding hydrogens is 513 g/mol. The number of halogens is 3. The monoisotopic (exact) mass is 542 g/mol. The first-order valence-corrected chi connectivity index (χ1v) is 12.9. The molecule has 0 bridgehead atoms. The maximum Gasteiger partial charge on any atom is 0.172 e. The van der Waals surface area contributed by atoms with Gasteiger partial charge in [0.1, 0.15) is 17.5 Å². The molecule has 1 heterocycles. The van der Waals surface area contributed by atoms with Gasteiger partial charge in [-0.2, -0.15) is 0 Å². The summed E-state index contributed by atoms with van der Waals surface area (Å²) in [4.78, 5) is 4.67. The first kappa shape index (κ1) is 27.6. The molecule has 1 aromatic heterocycles. The van der Waals surface area contributed by atoms with Crippen molar-refractivity contribution >= 4 is 11.8 Å². The van der Waals surface area contributed by atoms with E-state index in [2.05, 4.69) is 18.8 Å². The van der Waals surface area contributed by atoms with Gasteiger partial charge in [-0.3, -0.25) is 4.57 Å². The molecule has 5 nitrogen and oxygen atoms in total. The van der Waals surface area contributed by atoms with Crippen molar-refractivity contribution in [2.75, 3.05) is 26.6 Å². The van der Waals surface area contributed by atoms with Crippen LogP contribution in [0.15, 0.2) is 72.0 Å². The lowest BCUT2D eigenvalue weighted by Crippen LogP contribution is -2.23. The number of thioether (sulfide) groups is 1. The van der Waals surface area contributed by atoms with Gasteiger partial charge in [0.25, 0.3) is 0 Å². The Hall–Kier alpha value is -3.43. The number of imidazole rings is 1. The summed E-state index contributed by atoms with van der Waals surface area (Å²) in [6.45, 7) is 4.24. The third kappa shape index (κ3) is 5.84. The molecule has 0 saturated carbocycles. The van der Waals surface area contributed by atoms with Crippen molar-refractivity contribution in [1.29, 1.82) is 0 Å². The molecule has 0 atom stereocenters. The van der Waals surface area contributed by atoms with Crippen LogP contribution in [0.4, 0.5) is 13.2 Å². The van der Waals surface area contributed by atoms with Gasteiger partial charge < -0.3 is 14.2 Å². The van der Waals surface area contributed by atoms with Crippen LogP contribution in [-0.2, 0) is 16.8 Å². The van der Waals surface area contributed by atoms with Gasteiger partial charge in [0, 0.05) is 22.4 Å². The zero-order valence-electron chi connectivity index (χ0n) is 21.6. The molecular formula is C29H29F3N2O3S. The summed E-state index contributed by atoms with van der Waals surface area (Å²) < 4.78 is 59.9. The van der Waals surface area contributed by atoms with Crippen molar-refractivity contribution in [3.8, 4) is 17.2 Å². The zero-order valence-corrected chi connectivity index (χ0v) is 22.4. The Balaban J connectivity index is 1.59. The van der Waals surface area contributed by atoms with E-state index in [1.54, 1.807) is 32.5 Å². The van der Waals surface area contributed by atoms with E-state index in [1.807, 2.05) is 22.8 Å². The molecule has 0 amide bonds. The first-order chi connectivity index (χ1) is 18.3. The Morgan fingerprint density at radius 1 is 0.895 bits per heavy atom. The molecule has 9 heteroatoms. The predicted octanol–water partition coefficient (Wildman–Crippen LogP) is 6.94. The van der Waals surface area contributed by atoms with Crippen molar-refractivity contribution in [2.24, 2.45) is 0 Å². The highest BCUT2D eigenvalue weighted by Gasteiger charge is 2.30. The van der Waals surface area contributed by atoms with E-state index in [1.165, 1.54) is 42.1 Å². The van der Waals surface area contributed by atoms with Gasteiger partial charge in [-0.1, -0.05) is 37.7 Å². The van der Waals surface area contributed by atoms with E-state index in [0.717, 1.165) is 16.9 Å². The third-order valence-electron chi connectivity index (χ3n) is 6.33. The number of hydrogen-bond donors (Lipinski definition) is 0. The fraction of sp³-hybridized carbons (Fsp3) is 0.276. The van der Waals surface area contributed by atoms with E-state index in [4.69, 9.17) is 14.2 Å². The summed E-state index contributed by atoms with van der Waals surface area (Å²) in [6, 6.07) is 15.7. The Labute approximate surface area is 224 Å². The second kappa shape index (κ2) is 12.0. The quantitative estimate of drug-likeness (QED) is 0.152. The van der Waals surface area contributed by atoms with Crippen LogP contribution in [0.2, 0.25) is 0 Å². The summed E-state index contributed by atoms with van der Waals surface area (Å²) in [6.07, 6.45) is 1.80. The number of aromatic nitrogens is 2. The topological polar surface area (TPSA) is 45.5 Å². The minimum atomic E-state index is -0.633. The first-order valence-electron chi connectivity index (χ1n) is 12.0. The summed E-state index contributed by atoms with van der Waals surface area (Å²) in [7, 11) is 3.18. The van der Waals surface area contributed by atoms with Crippen molar-refractivity contribution in [2.45, 2.75) is 31.0 Å². The second-order valence-corrected chi connectivity index (χ2v) is 10.1. The molecule has 0 aliphatic heterocycles. The molecule has 0 aliphatic carbocycles. The summed E-state index contributed by atoms with van der Waals surface area (Å²) in [5, 5.41) is 0.681. The van der Waals surface area contributed by atoms with Crippen LogP contribution in [0.25, 0.3) is 5.69 Å². The van der Waals surface area contributed by atoms with E-state index in [-0.39, 0.29) is 24.6 Å². The minimum absolute atomic E-state index is 0.0933. The van der Waals surface area contributed by atoms with Gasteiger partial charge in [0.2, 0.25) is 0 Å². The Morgan fingerprint density at radius 3 is 2.24 bits per heavy atom. The molecule has 38 heavy (non-hydrogen) atoms. The van der Waals surface area contributed by atoms with Crippen LogP contribution in [0, 0.1) is 17.5 Å².